The zero-order valence-electron chi connectivity index (χ0n) is 69.9. The minimum atomic E-state index is -1.73. The second kappa shape index (κ2) is 44.8. The number of thioether (sulfide) groups is 1. The molecule has 0 unspecified atom stereocenters. The van der Waals surface area contributed by atoms with Crippen LogP contribution in [0.15, 0.2) is 387 Å². The summed E-state index contributed by atoms with van der Waals surface area (Å²) in [5, 5.41) is 12.3. The summed E-state index contributed by atoms with van der Waals surface area (Å²) < 4.78 is 109. The van der Waals surface area contributed by atoms with E-state index in [1.54, 1.807) is 91.0 Å². The highest BCUT2D eigenvalue weighted by atomic mass is 32.2. The lowest BCUT2D eigenvalue weighted by atomic mass is 9.80. The summed E-state index contributed by atoms with van der Waals surface area (Å²) >= 11 is 0.905. The Kier molecular flexibility index (Phi) is 31.1. The highest BCUT2D eigenvalue weighted by Gasteiger charge is 2.57. The fourth-order valence-corrected chi connectivity index (χ4v) is 16.9. The molecule has 3 fully saturated rings. The molecular formula is C105H96N2O20S. The SMILES string of the molecule is O=C(O[C@@H]1[C@@H](OC(=O)c2ccccc2)[C@H](Sc2ccc([N+](=O)[O-])cn2)O[C@H](CO[C@H]2O[C@H](CO[C@H]3O[C@H](COC(c4ccccc4)(c4ccccc4)c4ccccc4)[C@@H](OCc4ccccc4)[C@H](OCc4ccccc4)[C@H]3OCc3ccccc3)[C@@H](OCc3ccccc3)[C@H](OCc3ccccc3)[C@H]2OCc2ccccc2)[C@H]1OC(=O)c1ccccc1)c1ccccc1. The molecule has 16 rings (SSSR count). The topological polar surface area (TPSA) is 246 Å². The van der Waals surface area contributed by atoms with Crippen LogP contribution in [-0.2, 0) is 116 Å². The molecule has 0 amide bonds. The van der Waals surface area contributed by atoms with Gasteiger partial charge in [0.1, 0.15) is 66.7 Å². The van der Waals surface area contributed by atoms with Crippen LogP contribution in [0.25, 0.3) is 0 Å². The van der Waals surface area contributed by atoms with Crippen molar-refractivity contribution in [3.8, 4) is 0 Å². The van der Waals surface area contributed by atoms with Crippen LogP contribution in [0.1, 0.15) is 81.1 Å². The molecule has 0 saturated carbocycles. The number of carbonyl (C=O) groups excluding carboxylic acids is 3. The molecule has 0 radical (unpaired) electrons. The quantitative estimate of drug-likeness (QED) is 0.0114. The summed E-state index contributed by atoms with van der Waals surface area (Å²) in [6.07, 6.45) is -17.1. The van der Waals surface area contributed by atoms with Crippen LogP contribution < -0.4 is 0 Å². The fraction of sp³-hybridized carbons (Fsp3) is 0.238. The van der Waals surface area contributed by atoms with Gasteiger partial charge in [-0.15, -0.1) is 0 Å². The number of hydrogen-bond acceptors (Lipinski definition) is 22. The first kappa shape index (κ1) is 88.9. The number of benzene rings is 12. The molecule has 3 aliphatic rings. The van der Waals surface area contributed by atoms with Crippen LogP contribution in [0.3, 0.4) is 0 Å². The molecule has 0 aliphatic carbocycles. The molecule has 15 atom stereocenters. The normalized spacial score (nSPS) is 22.2. The Morgan fingerprint density at radius 2 is 0.586 bits per heavy atom. The first-order valence-corrected chi connectivity index (χ1v) is 43.4. The van der Waals surface area contributed by atoms with Crippen molar-refractivity contribution < 1.29 is 90.4 Å². The molecule has 4 heterocycles. The van der Waals surface area contributed by atoms with E-state index in [1.165, 1.54) is 12.1 Å². The van der Waals surface area contributed by atoms with Crippen molar-refractivity contribution in [3.05, 3.63) is 459 Å². The lowest BCUT2D eigenvalue weighted by molar-refractivity contribution is -0.385. The van der Waals surface area contributed by atoms with E-state index < -0.39 is 126 Å². The van der Waals surface area contributed by atoms with Gasteiger partial charge in [0.05, 0.1) is 86.1 Å². The summed E-state index contributed by atoms with van der Waals surface area (Å²) in [5.41, 5.74) is 4.89. The number of rotatable bonds is 39. The largest absolute Gasteiger partial charge is 0.452 e. The molecule has 12 aromatic carbocycles. The second-order valence-corrected chi connectivity index (χ2v) is 32.0. The number of hydrogen-bond donors (Lipinski definition) is 0. The van der Waals surface area contributed by atoms with Gasteiger partial charge >= 0.3 is 17.9 Å². The van der Waals surface area contributed by atoms with Gasteiger partial charge in [0.2, 0.25) is 0 Å². The van der Waals surface area contributed by atoms with E-state index in [2.05, 4.69) is 41.4 Å². The Bertz CT molecular complexity index is 5460. The van der Waals surface area contributed by atoms with Gasteiger partial charge in [0, 0.05) is 6.07 Å². The van der Waals surface area contributed by atoms with Gasteiger partial charge < -0.3 is 71.1 Å². The summed E-state index contributed by atoms with van der Waals surface area (Å²) in [6.45, 7) is -0.727. The highest BCUT2D eigenvalue weighted by Crippen LogP contribution is 2.44. The number of esters is 3. The van der Waals surface area contributed by atoms with E-state index >= 15 is 9.59 Å². The van der Waals surface area contributed by atoms with Crippen molar-refractivity contribution in [1.29, 1.82) is 0 Å². The van der Waals surface area contributed by atoms with Crippen LogP contribution in [0.5, 0.6) is 0 Å². The zero-order valence-corrected chi connectivity index (χ0v) is 70.7. The molecular weight excluding hydrogens is 1640 g/mol. The van der Waals surface area contributed by atoms with Crippen molar-refractivity contribution in [2.24, 2.45) is 0 Å². The monoisotopic (exact) mass is 1740 g/mol. The zero-order chi connectivity index (χ0) is 87.5. The average molecular weight is 1740 g/mol. The Hall–Kier alpha value is -12.5. The van der Waals surface area contributed by atoms with E-state index in [0.29, 0.717) is 0 Å². The van der Waals surface area contributed by atoms with Gasteiger partial charge in [-0.3, -0.25) is 10.1 Å². The molecule has 128 heavy (non-hydrogen) atoms. The fourth-order valence-electron chi connectivity index (χ4n) is 15.9. The van der Waals surface area contributed by atoms with Gasteiger partial charge in [-0.1, -0.05) is 339 Å². The standard InChI is InChI=1S/C105H96N2O20S/c108-99(79-49-25-7-26-50-79)125-92-87(124-104(128-89-62-61-85(63-106-89)107(111)112)98(127-101(110)81-53-29-9-30-54-81)95(92)126-100(109)80-51-27-8-28-52-80)71-120-102-96(117-68-77-45-21-5-22-46-77)93(115-66-75-41-17-3-18-42-75)90(113-64-73-37-13-1-14-38-73)86(122-102)70-119-103-97(118-69-78-47-23-6-24-48-78)94(116-67-76-43-19-4-20-44-76)91(114-65-74-39-15-2-16-40-74)88(123-103)72-121-105(82-55-31-10-32-56-82,83-57-33-11-34-58-83)84-59-35-12-36-60-84/h1-63,86-88,90-98,102-104H,64-72H2/t86-,87-,88-,90-,91-,92-,93+,94+,95+,96-,97-,98-,102+,103+,104+/m1/s1. The molecule has 1 aromatic heterocycles. The van der Waals surface area contributed by atoms with E-state index in [-0.39, 0.29) is 80.3 Å². The molecule has 0 N–H and O–H groups in total. The second-order valence-electron chi connectivity index (χ2n) is 30.9. The van der Waals surface area contributed by atoms with Gasteiger partial charge in [-0.05, 0) is 92.5 Å². The number of nitrogens with zero attached hydrogens (tertiary/aromatic N) is 2. The van der Waals surface area contributed by atoms with E-state index in [9.17, 15) is 14.9 Å². The number of nitro groups is 1. The number of ether oxygens (including phenoxy) is 15. The maximum absolute atomic E-state index is 15.1. The summed E-state index contributed by atoms with van der Waals surface area (Å²) in [4.78, 5) is 60.9. The molecule has 3 aliphatic heterocycles. The molecule has 22 nitrogen and oxygen atoms in total. The number of carbonyl (C=O) groups is 3. The van der Waals surface area contributed by atoms with Crippen LogP contribution in [0, 0.1) is 10.1 Å². The lowest BCUT2D eigenvalue weighted by Crippen LogP contribution is -2.65. The van der Waals surface area contributed by atoms with Gasteiger partial charge in [-0.25, -0.2) is 19.4 Å². The molecule has 13 aromatic rings. The molecule has 0 bridgehead atoms. The number of pyridine rings is 1. The Morgan fingerprint density at radius 1 is 0.305 bits per heavy atom. The van der Waals surface area contributed by atoms with E-state index in [4.69, 9.17) is 71.1 Å². The Labute approximate surface area is 747 Å². The smallest absolute Gasteiger partial charge is 0.338 e. The predicted molar refractivity (Wildman–Crippen MR) is 477 cm³/mol. The minimum Gasteiger partial charge on any atom is -0.452 e. The molecule has 3 saturated heterocycles. The first-order valence-electron chi connectivity index (χ1n) is 42.5. The van der Waals surface area contributed by atoms with E-state index in [1.807, 2.05) is 237 Å². The third-order valence-corrected chi connectivity index (χ3v) is 23.4. The van der Waals surface area contributed by atoms with Crippen molar-refractivity contribution >= 4 is 35.4 Å². The molecule has 23 heteroatoms. The predicted octanol–water partition coefficient (Wildman–Crippen LogP) is 18.5. The maximum Gasteiger partial charge on any atom is 0.338 e. The van der Waals surface area contributed by atoms with Gasteiger partial charge in [0.25, 0.3) is 5.69 Å². The summed E-state index contributed by atoms with van der Waals surface area (Å²) in [7, 11) is 0. The maximum atomic E-state index is 15.1. The summed E-state index contributed by atoms with van der Waals surface area (Å²) in [5.74, 6) is -2.63. The van der Waals surface area contributed by atoms with Crippen LogP contribution >= 0.6 is 11.8 Å². The average Bonchev–Trinajstić information content (AvgIpc) is 0.744. The summed E-state index contributed by atoms with van der Waals surface area (Å²) in [6, 6.07) is 116. The first-order chi connectivity index (χ1) is 63.0. The van der Waals surface area contributed by atoms with Crippen molar-refractivity contribution in [1.82, 2.24) is 4.98 Å². The Morgan fingerprint density at radius 3 is 0.906 bits per heavy atom. The van der Waals surface area contributed by atoms with Crippen molar-refractivity contribution in [2.45, 2.75) is 142 Å². The van der Waals surface area contributed by atoms with Crippen LogP contribution in [0.2, 0.25) is 0 Å². The van der Waals surface area contributed by atoms with Crippen LogP contribution in [0.4, 0.5) is 5.69 Å². The third kappa shape index (κ3) is 23.1. The lowest BCUT2D eigenvalue weighted by Gasteiger charge is -2.49. The minimum absolute atomic E-state index is 0.0165. The van der Waals surface area contributed by atoms with Crippen molar-refractivity contribution in [2.75, 3.05) is 19.8 Å². The molecule has 652 valence electrons. The third-order valence-electron chi connectivity index (χ3n) is 22.3. The van der Waals surface area contributed by atoms with Crippen LogP contribution in [-0.4, -0.2) is 139 Å². The van der Waals surface area contributed by atoms with Gasteiger partial charge in [0.15, 0.2) is 36.3 Å². The highest BCUT2D eigenvalue weighted by molar-refractivity contribution is 7.99. The van der Waals surface area contributed by atoms with Gasteiger partial charge in [-0.2, -0.15) is 0 Å². The number of aromatic nitrogens is 1. The molecule has 0 spiro atoms. The Balaban J connectivity index is 0.827. The van der Waals surface area contributed by atoms with E-state index in [0.717, 1.165) is 68.0 Å². The van der Waals surface area contributed by atoms with Crippen molar-refractivity contribution in [3.63, 3.8) is 0 Å².